The minimum atomic E-state index is -0.893. The van der Waals surface area contributed by atoms with E-state index in [-0.39, 0.29) is 17.4 Å². The van der Waals surface area contributed by atoms with Crippen molar-refractivity contribution < 1.29 is 13.5 Å². The first-order chi connectivity index (χ1) is 15.1. The van der Waals surface area contributed by atoms with Gasteiger partial charge < -0.3 is 4.74 Å². The van der Waals surface area contributed by atoms with Crippen LogP contribution in [0.15, 0.2) is 60.7 Å². The van der Waals surface area contributed by atoms with Crippen molar-refractivity contribution in [3.63, 3.8) is 0 Å². The first-order valence-corrected chi connectivity index (χ1v) is 11.4. The molecule has 3 aromatic carbocycles. The van der Waals surface area contributed by atoms with E-state index in [9.17, 15) is 8.78 Å². The third-order valence-electron chi connectivity index (χ3n) is 6.42. The summed E-state index contributed by atoms with van der Waals surface area (Å²) in [5.74, 6) is -1.08. The van der Waals surface area contributed by atoms with Crippen molar-refractivity contribution in [2.45, 2.75) is 58.5 Å². The number of aryl methyl sites for hydroxylation is 1. The van der Waals surface area contributed by atoms with Crippen molar-refractivity contribution in [3.05, 3.63) is 77.9 Å². The molecule has 0 spiro atoms. The molecule has 1 fully saturated rings. The fourth-order valence-electron chi connectivity index (χ4n) is 4.61. The Labute approximate surface area is 184 Å². The minimum Gasteiger partial charge on any atom is -0.487 e. The Kier molecular flexibility index (Phi) is 6.70. The molecule has 3 aromatic rings. The molecule has 1 saturated carbocycles. The van der Waals surface area contributed by atoms with E-state index in [0.717, 1.165) is 43.2 Å². The van der Waals surface area contributed by atoms with Crippen LogP contribution in [0.5, 0.6) is 5.75 Å². The average molecular weight is 421 g/mol. The molecule has 0 radical (unpaired) electrons. The maximum absolute atomic E-state index is 14.9. The predicted molar refractivity (Wildman–Crippen MR) is 123 cm³/mol. The fourth-order valence-corrected chi connectivity index (χ4v) is 4.61. The second-order valence-corrected chi connectivity index (χ2v) is 8.57. The van der Waals surface area contributed by atoms with Gasteiger partial charge in [-0.05, 0) is 66.0 Å². The van der Waals surface area contributed by atoms with Gasteiger partial charge in [-0.25, -0.2) is 4.39 Å². The van der Waals surface area contributed by atoms with Gasteiger partial charge in [-0.2, -0.15) is 4.39 Å². The van der Waals surface area contributed by atoms with Gasteiger partial charge in [0.25, 0.3) is 0 Å². The van der Waals surface area contributed by atoms with Gasteiger partial charge in [-0.3, -0.25) is 0 Å². The van der Waals surface area contributed by atoms with Gasteiger partial charge in [0, 0.05) is 5.56 Å². The summed E-state index contributed by atoms with van der Waals surface area (Å²) in [6, 6.07) is 19.2. The van der Waals surface area contributed by atoms with Gasteiger partial charge >= 0.3 is 0 Å². The van der Waals surface area contributed by atoms with E-state index in [2.05, 4.69) is 38.1 Å². The Morgan fingerprint density at radius 2 is 1.42 bits per heavy atom. The van der Waals surface area contributed by atoms with E-state index in [1.165, 1.54) is 12.0 Å². The molecular weight excluding hydrogens is 390 g/mol. The lowest BCUT2D eigenvalue weighted by Crippen LogP contribution is -2.13. The summed E-state index contributed by atoms with van der Waals surface area (Å²) in [7, 11) is 0. The van der Waals surface area contributed by atoms with Crippen LogP contribution in [-0.2, 0) is 6.42 Å². The minimum absolute atomic E-state index is 0.0188. The molecule has 31 heavy (non-hydrogen) atoms. The molecule has 1 nitrogen and oxygen atoms in total. The molecule has 2 unspecified atom stereocenters. The van der Waals surface area contributed by atoms with Crippen LogP contribution < -0.4 is 4.74 Å². The van der Waals surface area contributed by atoms with Crippen LogP contribution in [0.4, 0.5) is 8.78 Å². The van der Waals surface area contributed by atoms with Crippen molar-refractivity contribution >= 4 is 0 Å². The highest BCUT2D eigenvalue weighted by Gasteiger charge is 2.27. The summed E-state index contributed by atoms with van der Waals surface area (Å²) in [6.45, 7) is 4.31. The second kappa shape index (κ2) is 9.64. The van der Waals surface area contributed by atoms with Gasteiger partial charge in [-0.15, -0.1) is 0 Å². The molecule has 0 amide bonds. The molecule has 0 aliphatic heterocycles. The number of hydrogen-bond acceptors (Lipinski definition) is 1. The largest absolute Gasteiger partial charge is 0.487 e. The van der Waals surface area contributed by atoms with Crippen LogP contribution in [0.3, 0.4) is 0 Å². The Morgan fingerprint density at radius 1 is 0.774 bits per heavy atom. The lowest BCUT2D eigenvalue weighted by Gasteiger charge is -2.16. The quantitative estimate of drug-likeness (QED) is 0.374. The molecule has 0 bridgehead atoms. The van der Waals surface area contributed by atoms with Crippen LogP contribution in [0.1, 0.15) is 51.5 Å². The zero-order valence-corrected chi connectivity index (χ0v) is 18.3. The summed E-state index contributed by atoms with van der Waals surface area (Å²) in [5.41, 5.74) is 4.36. The van der Waals surface area contributed by atoms with Gasteiger partial charge in [0.15, 0.2) is 11.6 Å². The zero-order valence-electron chi connectivity index (χ0n) is 18.3. The van der Waals surface area contributed by atoms with E-state index in [0.29, 0.717) is 11.5 Å². The third kappa shape index (κ3) is 4.81. The molecule has 0 aromatic heterocycles. The van der Waals surface area contributed by atoms with E-state index >= 15 is 0 Å². The molecular formula is C28H30F2O. The summed E-state index contributed by atoms with van der Waals surface area (Å²) in [5, 5.41) is 0. The smallest absolute Gasteiger partial charge is 0.201 e. The lowest BCUT2D eigenvalue weighted by molar-refractivity contribution is 0.192. The number of halogens is 2. The first kappa shape index (κ1) is 21.5. The summed E-state index contributed by atoms with van der Waals surface area (Å²) in [6.07, 6.45) is 6.25. The van der Waals surface area contributed by atoms with Gasteiger partial charge in [0.2, 0.25) is 5.82 Å². The maximum Gasteiger partial charge on any atom is 0.201 e. The molecule has 162 valence electrons. The fraction of sp³-hybridized carbons (Fsp3) is 0.357. The molecule has 1 aliphatic rings. The zero-order chi connectivity index (χ0) is 21.8. The monoisotopic (exact) mass is 420 g/mol. The number of hydrogen-bond donors (Lipinski definition) is 0. The van der Waals surface area contributed by atoms with Crippen molar-refractivity contribution in [3.8, 4) is 28.0 Å². The van der Waals surface area contributed by atoms with E-state index in [4.69, 9.17) is 4.74 Å². The van der Waals surface area contributed by atoms with Crippen molar-refractivity contribution in [1.82, 2.24) is 0 Å². The van der Waals surface area contributed by atoms with E-state index in [1.807, 2.05) is 24.3 Å². The average Bonchev–Trinajstić information content (AvgIpc) is 3.24. The molecule has 4 rings (SSSR count). The third-order valence-corrected chi connectivity index (χ3v) is 6.42. The topological polar surface area (TPSA) is 9.23 Å². The lowest BCUT2D eigenvalue weighted by atomic mass is 9.99. The van der Waals surface area contributed by atoms with Gasteiger partial charge in [-0.1, -0.05) is 75.2 Å². The van der Waals surface area contributed by atoms with Crippen LogP contribution in [0.2, 0.25) is 0 Å². The highest BCUT2D eigenvalue weighted by molar-refractivity contribution is 5.71. The van der Waals surface area contributed by atoms with E-state index < -0.39 is 11.6 Å². The number of ether oxygens (including phenoxy) is 1. The van der Waals surface area contributed by atoms with Crippen molar-refractivity contribution in [2.24, 2.45) is 5.92 Å². The Bertz CT molecular complexity index is 1010. The summed E-state index contributed by atoms with van der Waals surface area (Å²) >= 11 is 0. The number of benzene rings is 3. The predicted octanol–water partition coefficient (Wildman–Crippen LogP) is 8.21. The Hall–Kier alpha value is -2.68. The summed E-state index contributed by atoms with van der Waals surface area (Å²) < 4.78 is 35.5. The molecule has 3 heteroatoms. The van der Waals surface area contributed by atoms with Gasteiger partial charge in [0.1, 0.15) is 0 Å². The summed E-state index contributed by atoms with van der Waals surface area (Å²) in [4.78, 5) is 0. The van der Waals surface area contributed by atoms with Crippen molar-refractivity contribution in [2.75, 3.05) is 0 Å². The standard InChI is InChI=1S/C28H30F2O/c1-3-5-20-8-15-24(18-20)31-26-17-16-25(27(29)28(26)30)23-13-11-22(12-14-23)21-9-6-19(4-2)7-10-21/h6-7,9-14,16-17,20,24H,3-5,8,15,18H2,1-2H3. The Balaban J connectivity index is 1.50. The molecule has 1 aliphatic carbocycles. The normalized spacial score (nSPS) is 18.3. The highest BCUT2D eigenvalue weighted by atomic mass is 19.2. The van der Waals surface area contributed by atoms with E-state index in [1.54, 1.807) is 12.1 Å². The van der Waals surface area contributed by atoms with Crippen molar-refractivity contribution in [1.29, 1.82) is 0 Å². The van der Waals surface area contributed by atoms with Crippen LogP contribution in [0.25, 0.3) is 22.3 Å². The second-order valence-electron chi connectivity index (χ2n) is 8.57. The van der Waals surface area contributed by atoms with Crippen LogP contribution in [0, 0.1) is 17.6 Å². The Morgan fingerprint density at radius 3 is 2.06 bits per heavy atom. The highest BCUT2D eigenvalue weighted by Crippen LogP contribution is 2.35. The SMILES string of the molecule is CCCC1CCC(Oc2ccc(-c3ccc(-c4ccc(CC)cc4)cc3)c(F)c2F)C1. The molecule has 0 N–H and O–H groups in total. The maximum atomic E-state index is 14.9. The number of rotatable bonds is 7. The molecule has 0 saturated heterocycles. The van der Waals surface area contributed by atoms with Gasteiger partial charge in [0.05, 0.1) is 6.10 Å². The molecule has 2 atom stereocenters. The first-order valence-electron chi connectivity index (χ1n) is 11.4. The van der Waals surface area contributed by atoms with Crippen LogP contribution in [-0.4, -0.2) is 6.10 Å². The van der Waals surface area contributed by atoms with Crippen LogP contribution >= 0.6 is 0 Å². The molecule has 0 heterocycles.